The monoisotopic (exact) mass is 536 g/mol. The molecule has 0 aromatic heterocycles. The third kappa shape index (κ3) is 7.85. The molecule has 0 bridgehead atoms. The van der Waals surface area contributed by atoms with Crippen LogP contribution in [-0.4, -0.2) is 49.8 Å². The smallest absolute Gasteiger partial charge is 0.329 e. The number of benzene rings is 2. The third-order valence-electron chi connectivity index (χ3n) is 4.57. The van der Waals surface area contributed by atoms with Crippen molar-refractivity contribution >= 4 is 57.2 Å². The summed E-state index contributed by atoms with van der Waals surface area (Å²) in [5.74, 6) is -1.75. The van der Waals surface area contributed by atoms with E-state index in [1.54, 1.807) is 42.5 Å². The number of rotatable bonds is 8. The van der Waals surface area contributed by atoms with Crippen LogP contribution in [0.5, 0.6) is 5.75 Å². The van der Waals surface area contributed by atoms with Gasteiger partial charge in [-0.3, -0.25) is 14.4 Å². The molecule has 3 amide bonds. The molecule has 174 valence electrons. The summed E-state index contributed by atoms with van der Waals surface area (Å²) < 4.78 is 11.7. The standard InChI is InChI=1S/C22H22BrClN4O5/c23-15-7-8-19(33-13-20(29)27-18-6-2-1-5-17(18)24)14(10-15)11-26-28-22(31)21(30)25-12-16-4-3-9-32-16/h1-2,5-8,10-11,16H,3-4,9,12-13H2,(H,25,30)(H,27,29)(H,28,31)/b26-11-/t16-/m1/s1. The van der Waals surface area contributed by atoms with Gasteiger partial charge in [0.05, 0.1) is 23.0 Å². The number of carbonyl (C=O) groups excluding carboxylic acids is 3. The molecule has 1 saturated heterocycles. The summed E-state index contributed by atoms with van der Waals surface area (Å²) in [4.78, 5) is 36.0. The maximum atomic E-state index is 12.2. The molecule has 1 atom stereocenters. The van der Waals surface area contributed by atoms with Gasteiger partial charge < -0.3 is 20.1 Å². The van der Waals surface area contributed by atoms with Gasteiger partial charge in [-0.05, 0) is 43.2 Å². The normalized spacial score (nSPS) is 15.3. The fourth-order valence-electron chi connectivity index (χ4n) is 2.95. The summed E-state index contributed by atoms with van der Waals surface area (Å²) >= 11 is 9.39. The minimum absolute atomic E-state index is 0.0678. The van der Waals surface area contributed by atoms with E-state index in [1.807, 2.05) is 0 Å². The summed E-state index contributed by atoms with van der Waals surface area (Å²) in [5.41, 5.74) is 3.13. The molecule has 33 heavy (non-hydrogen) atoms. The van der Waals surface area contributed by atoms with Gasteiger partial charge in [-0.2, -0.15) is 5.10 Å². The van der Waals surface area contributed by atoms with Crippen molar-refractivity contribution in [1.29, 1.82) is 0 Å². The van der Waals surface area contributed by atoms with E-state index in [2.05, 4.69) is 37.1 Å². The molecule has 0 aliphatic carbocycles. The van der Waals surface area contributed by atoms with Crippen molar-refractivity contribution < 1.29 is 23.9 Å². The van der Waals surface area contributed by atoms with Gasteiger partial charge in [-0.1, -0.05) is 39.7 Å². The average Bonchev–Trinajstić information content (AvgIpc) is 3.32. The second-order valence-electron chi connectivity index (χ2n) is 7.04. The fraction of sp³-hybridized carbons (Fsp3) is 0.273. The van der Waals surface area contributed by atoms with E-state index < -0.39 is 17.7 Å². The minimum Gasteiger partial charge on any atom is -0.483 e. The van der Waals surface area contributed by atoms with Crippen molar-refractivity contribution in [2.75, 3.05) is 25.1 Å². The number of hydrogen-bond donors (Lipinski definition) is 3. The molecular weight excluding hydrogens is 516 g/mol. The van der Waals surface area contributed by atoms with Gasteiger partial charge in [0, 0.05) is 23.2 Å². The van der Waals surface area contributed by atoms with Crippen LogP contribution in [0.25, 0.3) is 0 Å². The van der Waals surface area contributed by atoms with Gasteiger partial charge in [0.15, 0.2) is 6.61 Å². The van der Waals surface area contributed by atoms with E-state index in [-0.39, 0.29) is 19.3 Å². The third-order valence-corrected chi connectivity index (χ3v) is 5.39. The zero-order chi connectivity index (χ0) is 23.6. The maximum absolute atomic E-state index is 12.2. The molecular formula is C22H22BrClN4O5. The first-order chi connectivity index (χ1) is 15.9. The zero-order valence-electron chi connectivity index (χ0n) is 17.5. The highest BCUT2D eigenvalue weighted by Crippen LogP contribution is 2.23. The Kier molecular flexibility index (Phi) is 9.23. The zero-order valence-corrected chi connectivity index (χ0v) is 19.8. The fourth-order valence-corrected chi connectivity index (χ4v) is 3.51. The lowest BCUT2D eigenvalue weighted by molar-refractivity contribution is -0.139. The van der Waals surface area contributed by atoms with Crippen LogP contribution in [0.2, 0.25) is 5.02 Å². The number of ether oxygens (including phenoxy) is 2. The molecule has 3 N–H and O–H groups in total. The van der Waals surface area contributed by atoms with Crippen LogP contribution in [0, 0.1) is 0 Å². The van der Waals surface area contributed by atoms with Crippen molar-refractivity contribution in [2.45, 2.75) is 18.9 Å². The second kappa shape index (κ2) is 12.3. The summed E-state index contributed by atoms with van der Waals surface area (Å²) in [6.45, 7) is 0.664. The highest BCUT2D eigenvalue weighted by molar-refractivity contribution is 9.10. The van der Waals surface area contributed by atoms with E-state index in [0.717, 1.165) is 17.3 Å². The molecule has 1 aliphatic heterocycles. The summed E-state index contributed by atoms with van der Waals surface area (Å²) in [6, 6.07) is 11.9. The van der Waals surface area contributed by atoms with Gasteiger partial charge in [0.1, 0.15) is 5.75 Å². The van der Waals surface area contributed by atoms with Crippen molar-refractivity contribution in [2.24, 2.45) is 5.10 Å². The topological polar surface area (TPSA) is 118 Å². The SMILES string of the molecule is O=C(COc1ccc(Br)cc1/C=N\NC(=O)C(=O)NC[C@H]1CCCO1)Nc1ccccc1Cl. The van der Waals surface area contributed by atoms with Crippen LogP contribution in [0.3, 0.4) is 0 Å². The van der Waals surface area contributed by atoms with E-state index >= 15 is 0 Å². The first kappa shape index (κ1) is 24.7. The van der Waals surface area contributed by atoms with Gasteiger partial charge in [0.2, 0.25) is 0 Å². The van der Waals surface area contributed by atoms with Gasteiger partial charge in [-0.25, -0.2) is 5.43 Å². The van der Waals surface area contributed by atoms with Crippen molar-refractivity contribution in [3.05, 3.63) is 57.5 Å². The lowest BCUT2D eigenvalue weighted by atomic mass is 10.2. The van der Waals surface area contributed by atoms with Crippen LogP contribution in [0.4, 0.5) is 5.69 Å². The number of hydrogen-bond acceptors (Lipinski definition) is 6. The molecule has 2 aromatic carbocycles. The van der Waals surface area contributed by atoms with E-state index in [0.29, 0.717) is 28.6 Å². The first-order valence-electron chi connectivity index (χ1n) is 10.1. The molecule has 11 heteroatoms. The molecule has 0 spiro atoms. The van der Waals surface area contributed by atoms with E-state index in [1.165, 1.54) is 6.21 Å². The highest BCUT2D eigenvalue weighted by Gasteiger charge is 2.19. The predicted molar refractivity (Wildman–Crippen MR) is 127 cm³/mol. The summed E-state index contributed by atoms with van der Waals surface area (Å²) in [5, 5.41) is 9.41. The molecule has 1 aliphatic rings. The van der Waals surface area contributed by atoms with Gasteiger partial charge in [-0.15, -0.1) is 0 Å². The number of carbonyl (C=O) groups is 3. The Morgan fingerprint density at radius 2 is 2.03 bits per heavy atom. The Morgan fingerprint density at radius 3 is 2.79 bits per heavy atom. The average molecular weight is 538 g/mol. The van der Waals surface area contributed by atoms with Gasteiger partial charge in [0.25, 0.3) is 5.91 Å². The molecule has 0 unspecified atom stereocenters. The van der Waals surface area contributed by atoms with Crippen molar-refractivity contribution in [3.8, 4) is 5.75 Å². The largest absolute Gasteiger partial charge is 0.483 e. The van der Waals surface area contributed by atoms with Gasteiger partial charge >= 0.3 is 11.8 Å². The Hall–Kier alpha value is -2.95. The quantitative estimate of drug-likeness (QED) is 0.272. The summed E-state index contributed by atoms with van der Waals surface area (Å²) in [7, 11) is 0. The number of nitrogens with one attached hydrogen (secondary N) is 3. The van der Waals surface area contributed by atoms with E-state index in [4.69, 9.17) is 21.1 Å². The predicted octanol–water partition coefficient (Wildman–Crippen LogP) is 2.87. The van der Waals surface area contributed by atoms with Crippen LogP contribution < -0.4 is 20.8 Å². The molecule has 1 fully saturated rings. The summed E-state index contributed by atoms with van der Waals surface area (Å²) in [6.07, 6.45) is 3.04. The number of para-hydroxylation sites is 1. The minimum atomic E-state index is -0.902. The van der Waals surface area contributed by atoms with Crippen LogP contribution >= 0.6 is 27.5 Å². The molecule has 9 nitrogen and oxygen atoms in total. The Balaban J connectivity index is 1.52. The number of nitrogens with zero attached hydrogens (tertiary/aromatic N) is 1. The van der Waals surface area contributed by atoms with Crippen molar-refractivity contribution in [3.63, 3.8) is 0 Å². The van der Waals surface area contributed by atoms with E-state index in [9.17, 15) is 14.4 Å². The van der Waals surface area contributed by atoms with Crippen molar-refractivity contribution in [1.82, 2.24) is 10.7 Å². The number of anilines is 1. The molecule has 1 heterocycles. The Labute approximate surface area is 204 Å². The van der Waals surface area contributed by atoms with Crippen LogP contribution in [0.1, 0.15) is 18.4 Å². The molecule has 2 aromatic rings. The first-order valence-corrected chi connectivity index (χ1v) is 11.3. The number of amides is 3. The number of hydrazone groups is 1. The Morgan fingerprint density at radius 1 is 1.21 bits per heavy atom. The van der Waals surface area contributed by atoms with Crippen LogP contribution in [-0.2, 0) is 19.1 Å². The Bertz CT molecular complexity index is 1040. The lowest BCUT2D eigenvalue weighted by Gasteiger charge is -2.11. The maximum Gasteiger partial charge on any atom is 0.329 e. The van der Waals surface area contributed by atoms with Crippen LogP contribution in [0.15, 0.2) is 52.0 Å². The lowest BCUT2D eigenvalue weighted by Crippen LogP contribution is -2.41. The molecule has 0 saturated carbocycles. The second-order valence-corrected chi connectivity index (χ2v) is 8.37. The molecule has 0 radical (unpaired) electrons. The number of halogens is 2. The molecule has 3 rings (SSSR count). The highest BCUT2D eigenvalue weighted by atomic mass is 79.9.